The molecule has 0 nitrogen and oxygen atoms in total. The normalized spacial score (nSPS) is 17.7. The summed E-state index contributed by atoms with van der Waals surface area (Å²) in [5.41, 5.74) is 11.1. The molecule has 0 aliphatic heterocycles. The van der Waals surface area contributed by atoms with E-state index in [0.717, 1.165) is 24.0 Å². The van der Waals surface area contributed by atoms with Gasteiger partial charge in [0.15, 0.2) is 0 Å². The maximum atomic E-state index is 4.60. The molecule has 0 saturated carbocycles. The number of aryl methyl sites for hydroxylation is 1. The van der Waals surface area contributed by atoms with E-state index in [4.69, 9.17) is 0 Å². The van der Waals surface area contributed by atoms with Crippen molar-refractivity contribution in [1.29, 1.82) is 0 Å². The highest BCUT2D eigenvalue weighted by Gasteiger charge is 2.37. The third-order valence-electron chi connectivity index (χ3n) is 7.07. The summed E-state index contributed by atoms with van der Waals surface area (Å²) in [6.07, 6.45) is 13.3. The Labute approximate surface area is 203 Å². The zero-order chi connectivity index (χ0) is 24.8. The third-order valence-corrected chi connectivity index (χ3v) is 7.07. The number of unbranched alkanes of at least 4 members (excludes halogenated alkanes) is 1. The van der Waals surface area contributed by atoms with Crippen molar-refractivity contribution >= 4 is 0 Å². The van der Waals surface area contributed by atoms with Crippen LogP contribution in [0.5, 0.6) is 0 Å². The highest BCUT2D eigenvalue weighted by Crippen LogP contribution is 2.48. The second-order valence-corrected chi connectivity index (χ2v) is 10.1. The molecule has 0 amide bonds. The van der Waals surface area contributed by atoms with E-state index in [9.17, 15) is 0 Å². The summed E-state index contributed by atoms with van der Waals surface area (Å²) in [4.78, 5) is 0. The van der Waals surface area contributed by atoms with Gasteiger partial charge in [0, 0.05) is 11.3 Å². The first-order valence-corrected chi connectivity index (χ1v) is 12.4. The van der Waals surface area contributed by atoms with E-state index in [1.807, 2.05) is 0 Å². The molecule has 0 aromatic heterocycles. The summed E-state index contributed by atoms with van der Waals surface area (Å²) >= 11 is 0. The zero-order valence-electron chi connectivity index (χ0n) is 22.1. The Morgan fingerprint density at radius 2 is 1.70 bits per heavy atom. The minimum atomic E-state index is -0.238. The fraction of sp³-hybridized carbons (Fsp3) is 0.394. The number of rotatable bonds is 11. The Morgan fingerprint density at radius 1 is 1.06 bits per heavy atom. The van der Waals surface area contributed by atoms with Crippen molar-refractivity contribution in [1.82, 2.24) is 0 Å². The fourth-order valence-corrected chi connectivity index (χ4v) is 4.86. The Bertz CT molecular complexity index is 1010. The molecule has 2 rings (SSSR count). The molecule has 0 saturated heterocycles. The topological polar surface area (TPSA) is 0 Å². The number of allylic oxidation sites excluding steroid dienone is 11. The molecule has 33 heavy (non-hydrogen) atoms. The van der Waals surface area contributed by atoms with E-state index < -0.39 is 0 Å². The van der Waals surface area contributed by atoms with Crippen LogP contribution in [0.25, 0.3) is 0 Å². The molecule has 2 unspecified atom stereocenters. The average Bonchev–Trinajstić information content (AvgIpc) is 3.06. The Kier molecular flexibility index (Phi) is 9.29. The van der Waals surface area contributed by atoms with Crippen LogP contribution in [0, 0.1) is 12.8 Å². The molecule has 1 aromatic carbocycles. The van der Waals surface area contributed by atoms with E-state index in [0.29, 0.717) is 5.92 Å². The monoisotopic (exact) mass is 440 g/mol. The van der Waals surface area contributed by atoms with E-state index in [1.165, 1.54) is 51.8 Å². The molecule has 0 heterocycles. The Balaban J connectivity index is 2.58. The van der Waals surface area contributed by atoms with Crippen LogP contribution >= 0.6 is 0 Å². The van der Waals surface area contributed by atoms with Crippen molar-refractivity contribution in [3.8, 4) is 0 Å². The lowest BCUT2D eigenvalue weighted by molar-refractivity contribution is 0.456. The van der Waals surface area contributed by atoms with Crippen molar-refractivity contribution in [3.63, 3.8) is 0 Å². The number of benzene rings is 1. The zero-order valence-corrected chi connectivity index (χ0v) is 22.1. The summed E-state index contributed by atoms with van der Waals surface area (Å²) in [5.74, 6) is 0.322. The molecule has 1 aliphatic rings. The average molecular weight is 441 g/mol. The van der Waals surface area contributed by atoms with Crippen LogP contribution in [0.1, 0.15) is 78.4 Å². The summed E-state index contributed by atoms with van der Waals surface area (Å²) in [6, 6.07) is 8.97. The van der Waals surface area contributed by atoms with Crippen molar-refractivity contribution in [2.45, 2.75) is 79.6 Å². The van der Waals surface area contributed by atoms with E-state index in [2.05, 4.69) is 117 Å². The second-order valence-electron chi connectivity index (χ2n) is 10.1. The lowest BCUT2D eigenvalue weighted by Crippen LogP contribution is -2.29. The first-order valence-electron chi connectivity index (χ1n) is 12.4. The summed E-state index contributed by atoms with van der Waals surface area (Å²) in [5, 5.41) is 0. The third kappa shape index (κ3) is 6.26. The minimum absolute atomic E-state index is 0.238. The molecule has 176 valence electrons. The first kappa shape index (κ1) is 26.7. The maximum Gasteiger partial charge on any atom is 0.0183 e. The van der Waals surface area contributed by atoms with Gasteiger partial charge >= 0.3 is 0 Å². The van der Waals surface area contributed by atoms with Crippen LogP contribution in [0.2, 0.25) is 0 Å². The van der Waals surface area contributed by atoms with Crippen LogP contribution in [0.3, 0.4) is 0 Å². The summed E-state index contributed by atoms with van der Waals surface area (Å²) in [7, 11) is 0. The van der Waals surface area contributed by atoms with Crippen LogP contribution < -0.4 is 0 Å². The predicted molar refractivity (Wildman–Crippen MR) is 149 cm³/mol. The van der Waals surface area contributed by atoms with Gasteiger partial charge in [-0.2, -0.15) is 0 Å². The quantitative estimate of drug-likeness (QED) is 0.300. The highest BCUT2D eigenvalue weighted by molar-refractivity contribution is 5.56. The van der Waals surface area contributed by atoms with E-state index in [-0.39, 0.29) is 5.41 Å². The molecule has 0 spiro atoms. The molecule has 1 aromatic rings. The molecular weight excluding hydrogens is 396 g/mol. The molecule has 1 aliphatic carbocycles. The maximum absolute atomic E-state index is 4.60. The van der Waals surface area contributed by atoms with Crippen molar-refractivity contribution < 1.29 is 0 Å². The van der Waals surface area contributed by atoms with Gasteiger partial charge in [-0.15, -0.1) is 0 Å². The van der Waals surface area contributed by atoms with Gasteiger partial charge < -0.3 is 0 Å². The molecule has 0 N–H and O–H groups in total. The molecule has 0 fully saturated rings. The van der Waals surface area contributed by atoms with Crippen LogP contribution in [0.4, 0.5) is 0 Å². The van der Waals surface area contributed by atoms with Gasteiger partial charge in [0.05, 0.1) is 0 Å². The lowest BCUT2D eigenvalue weighted by atomic mass is 9.66. The van der Waals surface area contributed by atoms with Crippen LogP contribution in [0.15, 0.2) is 107 Å². The lowest BCUT2D eigenvalue weighted by Gasteiger charge is -2.37. The van der Waals surface area contributed by atoms with Crippen LogP contribution in [-0.4, -0.2) is 0 Å². The van der Waals surface area contributed by atoms with Gasteiger partial charge in [-0.25, -0.2) is 0 Å². The van der Waals surface area contributed by atoms with Crippen molar-refractivity contribution in [2.24, 2.45) is 5.92 Å². The predicted octanol–water partition coefficient (Wildman–Crippen LogP) is 9.92. The minimum Gasteiger partial charge on any atom is -0.0955 e. The molecule has 2 atom stereocenters. The van der Waals surface area contributed by atoms with Gasteiger partial charge in [0.1, 0.15) is 0 Å². The number of hydrogen-bond donors (Lipinski definition) is 0. The highest BCUT2D eigenvalue weighted by atomic mass is 14.4. The van der Waals surface area contributed by atoms with Crippen LogP contribution in [-0.2, 0) is 5.41 Å². The second kappa shape index (κ2) is 11.5. The largest absolute Gasteiger partial charge is 0.0955 e. The van der Waals surface area contributed by atoms with Gasteiger partial charge in [-0.1, -0.05) is 111 Å². The summed E-state index contributed by atoms with van der Waals surface area (Å²) < 4.78 is 0. The molecule has 0 bridgehead atoms. The van der Waals surface area contributed by atoms with Crippen molar-refractivity contribution in [3.05, 3.63) is 118 Å². The first-order chi connectivity index (χ1) is 15.5. The SMILES string of the molecule is C=C(C=C(C)C)C(=C)C(C)(CC1C(C(=C)CCCC)=CC(C=CC)=C1C)c1ccc(C)cc1. The molecule has 0 heteroatoms. The Morgan fingerprint density at radius 3 is 2.24 bits per heavy atom. The van der Waals surface area contributed by atoms with E-state index >= 15 is 0 Å². The van der Waals surface area contributed by atoms with Gasteiger partial charge in [0.2, 0.25) is 0 Å². The van der Waals surface area contributed by atoms with Gasteiger partial charge in [-0.05, 0) is 81.7 Å². The molecule has 0 radical (unpaired) electrons. The summed E-state index contributed by atoms with van der Waals surface area (Å²) in [6.45, 7) is 28.9. The smallest absolute Gasteiger partial charge is 0.0183 e. The Hall–Kier alpha value is -2.60. The standard InChI is InChI=1S/C33H44/c1-11-13-15-25(6)31-21-29(14-12-2)27(8)32(31)22-33(10,28(9)26(7)20-23(3)4)30-18-16-24(5)17-19-30/h12,14,16-21,32H,6-7,9,11,13,15,22H2,1-5,8,10H3. The van der Waals surface area contributed by atoms with Crippen molar-refractivity contribution in [2.75, 3.05) is 0 Å². The fourth-order valence-electron chi connectivity index (χ4n) is 4.86. The molecular formula is C33H44. The van der Waals surface area contributed by atoms with Gasteiger partial charge in [0.25, 0.3) is 0 Å². The van der Waals surface area contributed by atoms with Gasteiger partial charge in [-0.3, -0.25) is 0 Å². The van der Waals surface area contributed by atoms with E-state index in [1.54, 1.807) is 0 Å². The number of hydrogen-bond acceptors (Lipinski definition) is 0.